The van der Waals surface area contributed by atoms with E-state index in [0.717, 1.165) is 11.5 Å². The molecule has 0 radical (unpaired) electrons. The molecule has 1 saturated carbocycles. The summed E-state index contributed by atoms with van der Waals surface area (Å²) >= 11 is 0.479. The lowest BCUT2D eigenvalue weighted by atomic mass is 9.77. The van der Waals surface area contributed by atoms with Gasteiger partial charge in [0.15, 0.2) is 0 Å². The third-order valence-corrected chi connectivity index (χ3v) is 6.63. The van der Waals surface area contributed by atoms with Gasteiger partial charge in [-0.3, -0.25) is 0 Å². The predicted octanol–water partition coefficient (Wildman–Crippen LogP) is 7.79. The van der Waals surface area contributed by atoms with Crippen LogP contribution in [0, 0.1) is 40.1 Å². The van der Waals surface area contributed by atoms with Crippen molar-refractivity contribution in [3.05, 3.63) is 64.7 Å². The molecule has 0 N–H and O–H groups in total. The molecule has 0 aliphatic heterocycles. The van der Waals surface area contributed by atoms with Gasteiger partial charge in [-0.2, -0.15) is 5.26 Å². The highest BCUT2D eigenvalue weighted by atomic mass is 32.2. The smallest absolute Gasteiger partial charge is 0.142 e. The van der Waals surface area contributed by atoms with Crippen molar-refractivity contribution < 1.29 is 8.78 Å². The van der Waals surface area contributed by atoms with Crippen molar-refractivity contribution in [2.24, 2.45) is 5.92 Å². The quantitative estimate of drug-likeness (QED) is 0.205. The molecule has 4 heteroatoms. The molecule has 156 valence electrons. The van der Waals surface area contributed by atoms with E-state index in [1.807, 2.05) is 12.1 Å². The van der Waals surface area contributed by atoms with Crippen LogP contribution < -0.4 is 0 Å². The van der Waals surface area contributed by atoms with E-state index < -0.39 is 11.6 Å². The molecule has 30 heavy (non-hydrogen) atoms. The summed E-state index contributed by atoms with van der Waals surface area (Å²) < 4.78 is 27.8. The first-order chi connectivity index (χ1) is 14.6. The first kappa shape index (κ1) is 22.4. The lowest BCUT2D eigenvalue weighted by molar-refractivity contribution is 0.303. The van der Waals surface area contributed by atoms with Crippen molar-refractivity contribution in [3.63, 3.8) is 0 Å². The zero-order chi connectivity index (χ0) is 21.3. The maximum absolute atomic E-state index is 13.9. The number of hydrogen-bond donors (Lipinski definition) is 0. The molecule has 1 nitrogen and oxygen atoms in total. The largest absolute Gasteiger partial charge is 0.206 e. The molecule has 0 heterocycles. The number of hydrogen-bond acceptors (Lipinski definition) is 2. The van der Waals surface area contributed by atoms with E-state index in [1.165, 1.54) is 69.1 Å². The third kappa shape index (κ3) is 6.10. The Bertz CT molecular complexity index is 919. The molecule has 0 atom stereocenters. The molecule has 0 aromatic heterocycles. The molecule has 0 spiro atoms. The van der Waals surface area contributed by atoms with Gasteiger partial charge < -0.3 is 0 Å². The van der Waals surface area contributed by atoms with Crippen LogP contribution in [0.1, 0.15) is 80.9 Å². The van der Waals surface area contributed by atoms with Crippen LogP contribution >= 0.6 is 11.8 Å². The number of thioether (sulfide) groups is 1. The molecular weight excluding hydrogens is 396 g/mol. The average Bonchev–Trinajstić information content (AvgIpc) is 2.76. The zero-order valence-corrected chi connectivity index (χ0v) is 18.2. The summed E-state index contributed by atoms with van der Waals surface area (Å²) in [6.07, 6.45) is 10.6. The lowest BCUT2D eigenvalue weighted by Crippen LogP contribution is -2.13. The summed E-state index contributed by atoms with van der Waals surface area (Å²) in [6, 6.07) is 10.6. The summed E-state index contributed by atoms with van der Waals surface area (Å²) in [7, 11) is 0. The second-order valence-electron chi connectivity index (χ2n) is 8.05. The number of thiocyanates is 1. The van der Waals surface area contributed by atoms with Crippen LogP contribution in [0.3, 0.4) is 0 Å². The molecule has 2 aromatic carbocycles. The minimum absolute atomic E-state index is 0.262. The Labute approximate surface area is 182 Å². The number of nitriles is 1. The second kappa shape index (κ2) is 11.2. The Balaban J connectivity index is 1.59. The molecule has 1 fully saturated rings. The van der Waals surface area contributed by atoms with Gasteiger partial charge in [0.2, 0.25) is 0 Å². The second-order valence-corrected chi connectivity index (χ2v) is 8.84. The van der Waals surface area contributed by atoms with Gasteiger partial charge in [0.25, 0.3) is 0 Å². The van der Waals surface area contributed by atoms with Crippen LogP contribution in [0.4, 0.5) is 8.78 Å². The van der Waals surface area contributed by atoms with Gasteiger partial charge in [0.05, 0.1) is 4.90 Å². The molecule has 1 aliphatic rings. The summed E-state index contributed by atoms with van der Waals surface area (Å²) in [4.78, 5) is -0.285. The number of halogens is 2. The molecule has 1 aliphatic carbocycles. The van der Waals surface area contributed by atoms with E-state index in [9.17, 15) is 8.78 Å². The van der Waals surface area contributed by atoms with E-state index in [-0.39, 0.29) is 10.5 Å². The van der Waals surface area contributed by atoms with E-state index in [4.69, 9.17) is 5.26 Å². The molecule has 0 amide bonds. The van der Waals surface area contributed by atoms with Gasteiger partial charge in [-0.15, -0.1) is 0 Å². The summed E-state index contributed by atoms with van der Waals surface area (Å²) in [5.74, 6) is 5.81. The Hall–Kier alpha value is -2.30. The van der Waals surface area contributed by atoms with E-state index in [0.29, 0.717) is 17.7 Å². The van der Waals surface area contributed by atoms with Crippen molar-refractivity contribution in [3.8, 4) is 17.2 Å². The number of benzene rings is 2. The standard InChI is InChI=1S/C26H27F2NS/c1-2-3-4-5-19-8-12-22(13-9-19)23-14-10-20(11-15-23)6-7-21-16-24(27)26(30-18-29)25(28)17-21/h10-11,14-17,19,22H,2-5,8-9,12-13H2,1H3. The highest BCUT2D eigenvalue weighted by Crippen LogP contribution is 2.37. The Morgan fingerprint density at radius 3 is 2.17 bits per heavy atom. The van der Waals surface area contributed by atoms with Crippen molar-refractivity contribution in [1.82, 2.24) is 0 Å². The molecular formula is C26H27F2NS. The van der Waals surface area contributed by atoms with E-state index in [2.05, 4.69) is 30.9 Å². The van der Waals surface area contributed by atoms with Crippen LogP contribution in [0.25, 0.3) is 0 Å². The Kier molecular flexibility index (Phi) is 8.35. The predicted molar refractivity (Wildman–Crippen MR) is 119 cm³/mol. The normalized spacial score (nSPS) is 18.3. The van der Waals surface area contributed by atoms with Crippen LogP contribution in [-0.2, 0) is 0 Å². The molecule has 3 rings (SSSR count). The fourth-order valence-corrected chi connectivity index (χ4v) is 4.63. The minimum atomic E-state index is -0.758. The molecule has 0 bridgehead atoms. The van der Waals surface area contributed by atoms with Crippen LogP contribution in [0.2, 0.25) is 0 Å². The van der Waals surface area contributed by atoms with Crippen molar-refractivity contribution in [2.75, 3.05) is 0 Å². The fraction of sp³-hybridized carbons (Fsp3) is 0.423. The molecule has 0 saturated heterocycles. The maximum atomic E-state index is 13.9. The highest BCUT2D eigenvalue weighted by Gasteiger charge is 2.21. The number of unbranched alkanes of at least 4 members (excludes halogenated alkanes) is 2. The molecule has 0 unspecified atom stereocenters. The fourth-order valence-electron chi connectivity index (χ4n) is 4.23. The van der Waals surface area contributed by atoms with Gasteiger partial charge >= 0.3 is 0 Å². The van der Waals surface area contributed by atoms with Gasteiger partial charge in [0, 0.05) is 11.1 Å². The minimum Gasteiger partial charge on any atom is -0.206 e. The van der Waals surface area contributed by atoms with Gasteiger partial charge in [-0.25, -0.2) is 8.78 Å². The van der Waals surface area contributed by atoms with Crippen molar-refractivity contribution in [2.45, 2.75) is 69.1 Å². The summed E-state index contributed by atoms with van der Waals surface area (Å²) in [5, 5.41) is 10.3. The SMILES string of the molecule is CCCCCC1CCC(c2ccc(C#Cc3cc(F)c(SC#N)c(F)c3)cc2)CC1. The van der Waals surface area contributed by atoms with Crippen LogP contribution in [-0.4, -0.2) is 0 Å². The van der Waals surface area contributed by atoms with Gasteiger partial charge in [0.1, 0.15) is 17.0 Å². The maximum Gasteiger partial charge on any atom is 0.142 e. The number of rotatable bonds is 6. The summed E-state index contributed by atoms with van der Waals surface area (Å²) in [6.45, 7) is 2.26. The summed E-state index contributed by atoms with van der Waals surface area (Å²) in [5.41, 5.74) is 2.45. The monoisotopic (exact) mass is 423 g/mol. The Morgan fingerprint density at radius 1 is 0.933 bits per heavy atom. The van der Waals surface area contributed by atoms with Crippen LogP contribution in [0.5, 0.6) is 0 Å². The average molecular weight is 424 g/mol. The first-order valence-corrected chi connectivity index (χ1v) is 11.6. The van der Waals surface area contributed by atoms with E-state index in [1.54, 1.807) is 5.40 Å². The third-order valence-electron chi connectivity index (χ3n) is 5.94. The Morgan fingerprint density at radius 2 is 1.57 bits per heavy atom. The first-order valence-electron chi connectivity index (χ1n) is 10.8. The van der Waals surface area contributed by atoms with Crippen molar-refractivity contribution >= 4 is 11.8 Å². The van der Waals surface area contributed by atoms with E-state index >= 15 is 0 Å². The van der Waals surface area contributed by atoms with Crippen LogP contribution in [0.15, 0.2) is 41.3 Å². The number of nitrogens with zero attached hydrogens (tertiary/aromatic N) is 1. The highest BCUT2D eigenvalue weighted by molar-refractivity contribution is 8.03. The molecule has 2 aromatic rings. The van der Waals surface area contributed by atoms with Crippen molar-refractivity contribution in [1.29, 1.82) is 5.26 Å². The lowest BCUT2D eigenvalue weighted by Gasteiger charge is -2.29. The topological polar surface area (TPSA) is 23.8 Å². The zero-order valence-electron chi connectivity index (χ0n) is 17.4. The van der Waals surface area contributed by atoms with Gasteiger partial charge in [-0.1, -0.05) is 56.6 Å². The van der Waals surface area contributed by atoms with Gasteiger partial charge in [-0.05, 0) is 79.1 Å².